The molecule has 0 saturated carbocycles. The molecule has 2 amide bonds. The fourth-order valence-corrected chi connectivity index (χ4v) is 2.64. The van der Waals surface area contributed by atoms with Gasteiger partial charge in [-0.1, -0.05) is 0 Å². The molecule has 6 nitrogen and oxygen atoms in total. The van der Waals surface area contributed by atoms with Crippen molar-refractivity contribution in [3.05, 3.63) is 34.4 Å². The van der Waals surface area contributed by atoms with Gasteiger partial charge in [0.05, 0.1) is 29.1 Å². The largest absolute Gasteiger partial charge is 0.357 e. The van der Waals surface area contributed by atoms with Crippen molar-refractivity contribution in [3.63, 3.8) is 0 Å². The van der Waals surface area contributed by atoms with Crippen molar-refractivity contribution in [3.8, 4) is 0 Å². The third-order valence-electron chi connectivity index (χ3n) is 3.19. The van der Waals surface area contributed by atoms with Crippen molar-refractivity contribution >= 4 is 28.9 Å². The van der Waals surface area contributed by atoms with Gasteiger partial charge in [0.1, 0.15) is 5.82 Å². The molecule has 2 aromatic rings. The van der Waals surface area contributed by atoms with E-state index in [1.807, 2.05) is 24.4 Å². The topological polar surface area (TPSA) is 70.2 Å². The maximum absolute atomic E-state index is 11.8. The Balaban J connectivity index is 1.86. The molecule has 0 bridgehead atoms. The molecular formula is C15H21N5OS. The summed E-state index contributed by atoms with van der Waals surface area (Å²) < 4.78 is 0. The number of amides is 2. The molecule has 22 heavy (non-hydrogen) atoms. The van der Waals surface area contributed by atoms with Gasteiger partial charge in [-0.3, -0.25) is 0 Å². The smallest absolute Gasteiger partial charge is 0.319 e. The van der Waals surface area contributed by atoms with E-state index in [0.717, 1.165) is 29.6 Å². The summed E-state index contributed by atoms with van der Waals surface area (Å²) in [6.07, 6.45) is 1.67. The number of aromatic nitrogens is 2. The van der Waals surface area contributed by atoms with Crippen molar-refractivity contribution in [2.24, 2.45) is 0 Å². The molecule has 0 spiro atoms. The van der Waals surface area contributed by atoms with Gasteiger partial charge in [-0.25, -0.2) is 14.8 Å². The summed E-state index contributed by atoms with van der Waals surface area (Å²) in [6, 6.07) is 3.50. The molecular weight excluding hydrogens is 298 g/mol. The average molecular weight is 319 g/mol. The summed E-state index contributed by atoms with van der Waals surface area (Å²) in [7, 11) is 0. The normalized spacial score (nSPS) is 10.3. The highest BCUT2D eigenvalue weighted by atomic mass is 32.1. The monoisotopic (exact) mass is 319 g/mol. The number of aryl methyl sites for hydroxylation is 1. The van der Waals surface area contributed by atoms with Gasteiger partial charge in [-0.2, -0.15) is 0 Å². The van der Waals surface area contributed by atoms with Crippen LogP contribution in [0, 0.1) is 6.92 Å². The molecule has 0 aromatic carbocycles. The van der Waals surface area contributed by atoms with Crippen LogP contribution in [-0.2, 0) is 6.54 Å². The Morgan fingerprint density at radius 1 is 1.32 bits per heavy atom. The lowest BCUT2D eigenvalue weighted by Gasteiger charge is -2.19. The zero-order valence-corrected chi connectivity index (χ0v) is 13.9. The van der Waals surface area contributed by atoms with E-state index in [4.69, 9.17) is 0 Å². The lowest BCUT2D eigenvalue weighted by molar-refractivity contribution is 0.251. The predicted molar refractivity (Wildman–Crippen MR) is 90.5 cm³/mol. The Morgan fingerprint density at radius 3 is 2.64 bits per heavy atom. The first-order valence-electron chi connectivity index (χ1n) is 7.29. The molecule has 2 N–H and O–H groups in total. The van der Waals surface area contributed by atoms with Gasteiger partial charge in [0.25, 0.3) is 0 Å². The van der Waals surface area contributed by atoms with E-state index in [1.165, 1.54) is 0 Å². The summed E-state index contributed by atoms with van der Waals surface area (Å²) in [6.45, 7) is 8.35. The van der Waals surface area contributed by atoms with Crippen LogP contribution in [-0.4, -0.2) is 29.1 Å². The molecule has 2 heterocycles. The lowest BCUT2D eigenvalue weighted by atomic mass is 10.3. The van der Waals surface area contributed by atoms with Gasteiger partial charge in [0.15, 0.2) is 0 Å². The highest BCUT2D eigenvalue weighted by Crippen LogP contribution is 2.13. The first kappa shape index (κ1) is 16.2. The number of hydrogen-bond acceptors (Lipinski definition) is 5. The van der Waals surface area contributed by atoms with Crippen molar-refractivity contribution in [1.29, 1.82) is 0 Å². The van der Waals surface area contributed by atoms with Crippen LogP contribution in [0.3, 0.4) is 0 Å². The number of thiazole rings is 1. The van der Waals surface area contributed by atoms with E-state index in [0.29, 0.717) is 12.2 Å². The Morgan fingerprint density at radius 2 is 2.09 bits per heavy atom. The van der Waals surface area contributed by atoms with Crippen molar-refractivity contribution in [2.75, 3.05) is 23.3 Å². The molecule has 7 heteroatoms. The van der Waals surface area contributed by atoms with E-state index in [9.17, 15) is 4.79 Å². The molecule has 0 aliphatic rings. The van der Waals surface area contributed by atoms with Gasteiger partial charge in [-0.05, 0) is 32.9 Å². The molecule has 118 valence electrons. The van der Waals surface area contributed by atoms with Crippen LogP contribution in [0.15, 0.2) is 23.7 Å². The SMILES string of the molecule is CCN(CC)c1ccc(NC(=O)NCc2csc(C)n2)cn1. The second-order valence-electron chi connectivity index (χ2n) is 4.74. The van der Waals surface area contributed by atoms with Crippen LogP contribution < -0.4 is 15.5 Å². The minimum Gasteiger partial charge on any atom is -0.357 e. The third-order valence-corrected chi connectivity index (χ3v) is 4.01. The van der Waals surface area contributed by atoms with E-state index < -0.39 is 0 Å². The van der Waals surface area contributed by atoms with E-state index in [-0.39, 0.29) is 6.03 Å². The standard InChI is InChI=1S/C15H21N5OS/c1-4-20(5-2)14-7-6-12(8-16-14)19-15(21)17-9-13-10-22-11(3)18-13/h6-8,10H,4-5,9H2,1-3H3,(H2,17,19,21). The first-order valence-corrected chi connectivity index (χ1v) is 8.17. The fraction of sp³-hybridized carbons (Fsp3) is 0.400. The summed E-state index contributed by atoms with van der Waals surface area (Å²) in [5.74, 6) is 0.911. The zero-order chi connectivity index (χ0) is 15.9. The molecule has 0 radical (unpaired) electrons. The van der Waals surface area contributed by atoms with Gasteiger partial charge in [-0.15, -0.1) is 11.3 Å². The summed E-state index contributed by atoms with van der Waals surface area (Å²) in [5.41, 5.74) is 1.54. The first-order chi connectivity index (χ1) is 10.6. The Hall–Kier alpha value is -2.15. The van der Waals surface area contributed by atoms with Crippen molar-refractivity contribution in [1.82, 2.24) is 15.3 Å². The number of anilines is 2. The average Bonchev–Trinajstić information content (AvgIpc) is 2.94. The zero-order valence-electron chi connectivity index (χ0n) is 13.1. The number of pyridine rings is 1. The number of hydrogen-bond donors (Lipinski definition) is 2. The van der Waals surface area contributed by atoms with E-state index in [2.05, 4.69) is 39.3 Å². The van der Waals surface area contributed by atoms with Crippen LogP contribution in [0.5, 0.6) is 0 Å². The highest BCUT2D eigenvalue weighted by molar-refractivity contribution is 7.09. The van der Waals surface area contributed by atoms with Gasteiger partial charge in [0.2, 0.25) is 0 Å². The highest BCUT2D eigenvalue weighted by Gasteiger charge is 2.06. The maximum Gasteiger partial charge on any atom is 0.319 e. The minimum absolute atomic E-state index is 0.261. The molecule has 2 rings (SSSR count). The number of rotatable bonds is 6. The molecule has 0 atom stereocenters. The van der Waals surface area contributed by atoms with Crippen LogP contribution >= 0.6 is 11.3 Å². The number of carbonyl (C=O) groups is 1. The van der Waals surface area contributed by atoms with E-state index in [1.54, 1.807) is 17.5 Å². The molecule has 0 saturated heterocycles. The lowest BCUT2D eigenvalue weighted by Crippen LogP contribution is -2.28. The molecule has 0 aliphatic heterocycles. The van der Waals surface area contributed by atoms with Gasteiger partial charge < -0.3 is 15.5 Å². The quantitative estimate of drug-likeness (QED) is 0.858. The van der Waals surface area contributed by atoms with Crippen LogP contribution in [0.25, 0.3) is 0 Å². The Kier molecular flexibility index (Phi) is 5.71. The Labute approximate surface area is 134 Å². The van der Waals surface area contributed by atoms with Crippen molar-refractivity contribution in [2.45, 2.75) is 27.3 Å². The van der Waals surface area contributed by atoms with Crippen LogP contribution in [0.2, 0.25) is 0 Å². The number of nitrogens with zero attached hydrogens (tertiary/aromatic N) is 3. The van der Waals surface area contributed by atoms with Gasteiger partial charge >= 0.3 is 6.03 Å². The third kappa shape index (κ3) is 4.42. The number of carbonyl (C=O) groups excluding carboxylic acids is 1. The van der Waals surface area contributed by atoms with Crippen LogP contribution in [0.1, 0.15) is 24.5 Å². The molecule has 0 aliphatic carbocycles. The Bertz CT molecular complexity index is 607. The van der Waals surface area contributed by atoms with Gasteiger partial charge in [0, 0.05) is 18.5 Å². The molecule has 2 aromatic heterocycles. The van der Waals surface area contributed by atoms with E-state index >= 15 is 0 Å². The number of nitrogens with one attached hydrogen (secondary N) is 2. The maximum atomic E-state index is 11.8. The van der Waals surface area contributed by atoms with Crippen molar-refractivity contribution < 1.29 is 4.79 Å². The predicted octanol–water partition coefficient (Wildman–Crippen LogP) is 3.01. The molecule has 0 fully saturated rings. The second kappa shape index (κ2) is 7.74. The summed E-state index contributed by atoms with van der Waals surface area (Å²) >= 11 is 1.57. The fourth-order valence-electron chi connectivity index (χ4n) is 2.03. The minimum atomic E-state index is -0.261. The summed E-state index contributed by atoms with van der Waals surface area (Å²) in [4.78, 5) is 22.7. The van der Waals surface area contributed by atoms with Crippen LogP contribution in [0.4, 0.5) is 16.3 Å². The second-order valence-corrected chi connectivity index (χ2v) is 5.81. The number of urea groups is 1. The summed E-state index contributed by atoms with van der Waals surface area (Å²) in [5, 5.41) is 8.48. The molecule has 0 unspecified atom stereocenters.